The Bertz CT molecular complexity index is 269. The highest BCUT2D eigenvalue weighted by atomic mass is 16.5. The molecule has 2 rings (SSSR count). The standard InChI is InChI=1S/C14H28N2O2/c1-5-15-12-6-7-17-9-13(12)16-8-11(2)18-14(3,4)10-16/h11-13,15H,5-10H2,1-4H3. The zero-order chi connectivity index (χ0) is 13.2. The lowest BCUT2D eigenvalue weighted by molar-refractivity contribution is -0.151. The molecule has 0 spiro atoms. The molecule has 2 fully saturated rings. The summed E-state index contributed by atoms with van der Waals surface area (Å²) in [6.07, 6.45) is 1.42. The SMILES string of the molecule is CCNC1CCOCC1N1CC(C)OC(C)(C)C1. The van der Waals surface area contributed by atoms with Crippen molar-refractivity contribution in [1.82, 2.24) is 10.2 Å². The zero-order valence-corrected chi connectivity index (χ0v) is 12.2. The fraction of sp³-hybridized carbons (Fsp3) is 1.00. The Morgan fingerprint density at radius 1 is 1.39 bits per heavy atom. The van der Waals surface area contributed by atoms with Gasteiger partial charge in [0.25, 0.3) is 0 Å². The second-order valence-corrected chi connectivity index (χ2v) is 6.21. The van der Waals surface area contributed by atoms with Crippen LogP contribution in [-0.4, -0.2) is 61.5 Å². The van der Waals surface area contributed by atoms with Gasteiger partial charge in [0.15, 0.2) is 0 Å². The Morgan fingerprint density at radius 3 is 2.83 bits per heavy atom. The topological polar surface area (TPSA) is 33.7 Å². The lowest BCUT2D eigenvalue weighted by atomic mass is 9.97. The van der Waals surface area contributed by atoms with Crippen LogP contribution in [0, 0.1) is 0 Å². The van der Waals surface area contributed by atoms with Crippen molar-refractivity contribution >= 4 is 0 Å². The van der Waals surface area contributed by atoms with Gasteiger partial charge in [-0.05, 0) is 33.7 Å². The van der Waals surface area contributed by atoms with Gasteiger partial charge in [-0.2, -0.15) is 0 Å². The molecule has 1 N–H and O–H groups in total. The van der Waals surface area contributed by atoms with Crippen LogP contribution in [0.25, 0.3) is 0 Å². The molecule has 0 aromatic heterocycles. The molecular formula is C14H28N2O2. The van der Waals surface area contributed by atoms with E-state index in [4.69, 9.17) is 9.47 Å². The summed E-state index contributed by atoms with van der Waals surface area (Å²) in [4.78, 5) is 2.56. The third-order valence-corrected chi connectivity index (χ3v) is 3.86. The number of likely N-dealkylation sites (N-methyl/N-ethyl adjacent to an activating group) is 1. The number of hydrogen-bond donors (Lipinski definition) is 1. The average Bonchev–Trinajstić information content (AvgIpc) is 2.27. The number of rotatable bonds is 3. The van der Waals surface area contributed by atoms with Gasteiger partial charge in [-0.3, -0.25) is 4.90 Å². The average molecular weight is 256 g/mol. The highest BCUT2D eigenvalue weighted by Gasteiger charge is 2.38. The van der Waals surface area contributed by atoms with Crippen LogP contribution in [0.15, 0.2) is 0 Å². The molecule has 2 aliphatic heterocycles. The molecule has 2 aliphatic rings. The minimum atomic E-state index is -0.0497. The van der Waals surface area contributed by atoms with Crippen molar-refractivity contribution in [3.05, 3.63) is 0 Å². The van der Waals surface area contributed by atoms with Gasteiger partial charge in [-0.15, -0.1) is 0 Å². The van der Waals surface area contributed by atoms with Crippen molar-refractivity contribution in [1.29, 1.82) is 0 Å². The van der Waals surface area contributed by atoms with Crippen LogP contribution in [-0.2, 0) is 9.47 Å². The fourth-order valence-corrected chi connectivity index (χ4v) is 3.34. The zero-order valence-electron chi connectivity index (χ0n) is 12.2. The largest absolute Gasteiger partial charge is 0.380 e. The number of nitrogens with one attached hydrogen (secondary N) is 1. The van der Waals surface area contributed by atoms with Crippen LogP contribution in [0.5, 0.6) is 0 Å². The molecule has 4 nitrogen and oxygen atoms in total. The van der Waals surface area contributed by atoms with Crippen molar-refractivity contribution in [2.75, 3.05) is 32.8 Å². The molecule has 0 radical (unpaired) electrons. The highest BCUT2D eigenvalue weighted by molar-refractivity contribution is 4.93. The number of hydrogen-bond acceptors (Lipinski definition) is 4. The first kappa shape index (κ1) is 14.3. The predicted octanol–water partition coefficient (Wildman–Crippen LogP) is 1.25. The van der Waals surface area contributed by atoms with Gasteiger partial charge in [0.1, 0.15) is 0 Å². The molecule has 4 heteroatoms. The molecule has 18 heavy (non-hydrogen) atoms. The van der Waals surface area contributed by atoms with Crippen molar-refractivity contribution in [2.45, 2.75) is 57.9 Å². The van der Waals surface area contributed by atoms with Gasteiger partial charge >= 0.3 is 0 Å². The summed E-state index contributed by atoms with van der Waals surface area (Å²) in [6, 6.07) is 1.05. The van der Waals surface area contributed by atoms with Gasteiger partial charge in [-0.25, -0.2) is 0 Å². The van der Waals surface area contributed by atoms with E-state index in [0.717, 1.165) is 39.3 Å². The van der Waals surface area contributed by atoms with Gasteiger partial charge in [0, 0.05) is 31.8 Å². The van der Waals surface area contributed by atoms with E-state index >= 15 is 0 Å². The first-order chi connectivity index (χ1) is 8.52. The minimum absolute atomic E-state index is 0.0497. The quantitative estimate of drug-likeness (QED) is 0.824. The van der Waals surface area contributed by atoms with E-state index in [0.29, 0.717) is 18.2 Å². The number of ether oxygens (including phenoxy) is 2. The smallest absolute Gasteiger partial charge is 0.0757 e. The van der Waals surface area contributed by atoms with E-state index in [1.807, 2.05) is 0 Å². The maximum atomic E-state index is 5.99. The minimum Gasteiger partial charge on any atom is -0.380 e. The molecule has 3 atom stereocenters. The van der Waals surface area contributed by atoms with Gasteiger partial charge < -0.3 is 14.8 Å². The van der Waals surface area contributed by atoms with Crippen molar-refractivity contribution < 1.29 is 9.47 Å². The van der Waals surface area contributed by atoms with E-state index in [1.165, 1.54) is 0 Å². The van der Waals surface area contributed by atoms with Crippen LogP contribution in [0.2, 0.25) is 0 Å². The Balaban J connectivity index is 2.03. The summed E-state index contributed by atoms with van der Waals surface area (Å²) in [6.45, 7) is 13.5. The molecular weight excluding hydrogens is 228 g/mol. The van der Waals surface area contributed by atoms with E-state index in [9.17, 15) is 0 Å². The molecule has 2 heterocycles. The van der Waals surface area contributed by atoms with Crippen LogP contribution in [0.3, 0.4) is 0 Å². The predicted molar refractivity (Wildman–Crippen MR) is 72.9 cm³/mol. The highest BCUT2D eigenvalue weighted by Crippen LogP contribution is 2.25. The molecule has 106 valence electrons. The second kappa shape index (κ2) is 5.87. The monoisotopic (exact) mass is 256 g/mol. The maximum Gasteiger partial charge on any atom is 0.0757 e. The van der Waals surface area contributed by atoms with Crippen LogP contribution in [0.1, 0.15) is 34.1 Å². The summed E-state index contributed by atoms with van der Waals surface area (Å²) < 4.78 is 11.7. The number of morpholine rings is 1. The van der Waals surface area contributed by atoms with Crippen molar-refractivity contribution in [3.63, 3.8) is 0 Å². The summed E-state index contributed by atoms with van der Waals surface area (Å²) >= 11 is 0. The van der Waals surface area contributed by atoms with Gasteiger partial charge in [0.2, 0.25) is 0 Å². The fourth-order valence-electron chi connectivity index (χ4n) is 3.34. The maximum absolute atomic E-state index is 5.99. The van der Waals surface area contributed by atoms with E-state index in [1.54, 1.807) is 0 Å². The third kappa shape index (κ3) is 3.44. The van der Waals surface area contributed by atoms with Crippen LogP contribution >= 0.6 is 0 Å². The Kier molecular flexibility index (Phi) is 4.64. The van der Waals surface area contributed by atoms with Crippen LogP contribution in [0.4, 0.5) is 0 Å². The summed E-state index contributed by atoms with van der Waals surface area (Å²) in [5.41, 5.74) is -0.0497. The molecule has 0 aromatic carbocycles. The lowest BCUT2D eigenvalue weighted by Gasteiger charge is -2.48. The molecule has 3 unspecified atom stereocenters. The first-order valence-electron chi connectivity index (χ1n) is 7.25. The molecule has 0 aliphatic carbocycles. The summed E-state index contributed by atoms with van der Waals surface area (Å²) in [5.74, 6) is 0. The second-order valence-electron chi connectivity index (χ2n) is 6.21. The first-order valence-corrected chi connectivity index (χ1v) is 7.25. The molecule has 2 saturated heterocycles. The Labute approximate surface area is 111 Å². The van der Waals surface area contributed by atoms with Gasteiger partial charge in [0.05, 0.1) is 18.3 Å². The molecule has 0 amide bonds. The van der Waals surface area contributed by atoms with Crippen LogP contribution < -0.4 is 5.32 Å². The molecule has 0 aromatic rings. The van der Waals surface area contributed by atoms with Crippen molar-refractivity contribution in [2.24, 2.45) is 0 Å². The van der Waals surface area contributed by atoms with Gasteiger partial charge in [-0.1, -0.05) is 6.92 Å². The number of nitrogens with zero attached hydrogens (tertiary/aromatic N) is 1. The van der Waals surface area contributed by atoms with E-state index in [-0.39, 0.29) is 5.60 Å². The molecule has 0 bridgehead atoms. The van der Waals surface area contributed by atoms with E-state index < -0.39 is 0 Å². The third-order valence-electron chi connectivity index (χ3n) is 3.86. The van der Waals surface area contributed by atoms with Crippen molar-refractivity contribution in [3.8, 4) is 0 Å². The Hall–Kier alpha value is -0.160. The van der Waals surface area contributed by atoms with E-state index in [2.05, 4.69) is 37.9 Å². The Morgan fingerprint density at radius 2 is 2.17 bits per heavy atom. The lowest BCUT2D eigenvalue weighted by Crippen LogP contribution is -2.62. The normalized spacial score (nSPS) is 37.7. The molecule has 0 saturated carbocycles. The summed E-state index contributed by atoms with van der Waals surface area (Å²) in [7, 11) is 0. The summed E-state index contributed by atoms with van der Waals surface area (Å²) in [5, 5.41) is 3.61.